The lowest BCUT2D eigenvalue weighted by molar-refractivity contribution is -0.333. The number of phenols is 3. The molecule has 656 valence electrons. The minimum Gasteiger partial charge on any atom is -0.508 e. The number of ether oxygens (including phenoxy) is 8. The van der Waals surface area contributed by atoms with Crippen molar-refractivity contribution in [2.75, 3.05) is 13.7 Å². The van der Waals surface area contributed by atoms with Gasteiger partial charge in [0.25, 0.3) is 0 Å². The number of amides is 8. The summed E-state index contributed by atoms with van der Waals surface area (Å²) < 4.78 is 52.4. The van der Waals surface area contributed by atoms with E-state index in [-0.39, 0.29) is 59.4 Å². The number of aromatic hydroxyl groups is 3. The Bertz CT molecular complexity index is 5110. The molecule has 22 atom stereocenters. The molecule has 8 aliphatic rings. The lowest BCUT2D eigenvalue weighted by Crippen LogP contribution is -2.64. The molecule has 15 rings (SSSR count). The molecule has 23 N–H and O–H groups in total. The summed E-state index contributed by atoms with van der Waals surface area (Å²) in [5.41, 5.74) is 16.1. The Balaban J connectivity index is 1.04. The number of hydrogen-bond donors (Lipinski definition) is 20. The second-order valence-corrected chi connectivity index (χ2v) is 32.9. The van der Waals surface area contributed by atoms with Crippen molar-refractivity contribution in [2.45, 2.75) is 207 Å². The zero-order chi connectivity index (χ0) is 88.5. The quantitative estimate of drug-likeness (QED) is 0.0587. The van der Waals surface area contributed by atoms with Crippen molar-refractivity contribution in [3.8, 4) is 68.2 Å². The number of rotatable bonds is 18. The van der Waals surface area contributed by atoms with E-state index in [0.29, 0.717) is 5.56 Å². The predicted molar refractivity (Wildman–Crippen MR) is 437 cm³/mol. The lowest BCUT2D eigenvalue weighted by atomic mass is 9.86. The van der Waals surface area contributed by atoms with Crippen molar-refractivity contribution >= 4 is 58.9 Å². The molecule has 36 nitrogen and oxygen atoms in total. The predicted octanol–water partition coefficient (Wildman–Crippen LogP) is 2.59. The summed E-state index contributed by atoms with van der Waals surface area (Å²) in [5.74, 6) is -14.7. The van der Waals surface area contributed by atoms with Gasteiger partial charge in [-0.3, -0.25) is 38.4 Å². The van der Waals surface area contributed by atoms with E-state index < -0.39 is 256 Å². The molecule has 0 saturated carbocycles. The first kappa shape index (κ1) is 89.6. The molecule has 7 aromatic rings. The summed E-state index contributed by atoms with van der Waals surface area (Å²) in [6.45, 7) is 8.52. The number of primary amides is 1. The van der Waals surface area contributed by atoms with E-state index in [4.69, 9.17) is 66.7 Å². The molecular formula is C86H100ClN11O25. The molecular weight excluding hydrogens is 1620 g/mol. The average Bonchev–Trinajstić information content (AvgIpc) is 1.74. The standard InChI is InChI=1S/C86H100ClN11O25/c1-37(2)26-51(91-7)77(109)97-67-69(104)44-22-25-55(50(87)27-44)119-57-29-45-28-56(73(57)123-84-74(71(106)70(105)58(36-99)120-84)122-61-34-86(6,90)76(108)39(4)117-61)118-47-23-20-43(21-24-47)72(121-60-33-85(5,89)75(107)38(3)116-60)68-83(115)96-66(79(111)92-35-40-16-18-42(19-17-40)41-12-9-8-10-13-41)49-30-46(100)31-54(102)63(49)62-48(14-11-15-53(62)101)65(81(113)98-68)95-80(112)64(45)94-78(110)52(32-59(88)103)93-82(67)114/h8-25,27-31,37-39,51-52,58,60-61,64-72,74-76,84,91,99-102,104-108H,26,32-36,89-90H2,1-7H3,(H2,88,103)(H,92,111)(H,93,114)(H,94,110)(H,95,112)(H,96,115)(H,97,109)(H,98,113). The maximum atomic E-state index is 16.8. The fourth-order valence-corrected chi connectivity index (χ4v) is 16.3. The van der Waals surface area contributed by atoms with Crippen molar-refractivity contribution in [1.29, 1.82) is 0 Å². The Kier molecular flexibility index (Phi) is 27.0. The van der Waals surface area contributed by atoms with Crippen LogP contribution in [0.5, 0.6) is 46.0 Å². The number of phenolic OH excluding ortho intramolecular Hbond substituents is 3. The fraction of sp³-hybridized carbons (Fsp3) is 0.419. The Hall–Kier alpha value is -11.2. The number of aliphatic hydroxyl groups excluding tert-OH is 6. The Morgan fingerprint density at radius 3 is 1.87 bits per heavy atom. The number of nitrogens with two attached hydrogens (primary N) is 3. The number of carbonyl (C=O) groups excluding carboxylic acids is 8. The van der Waals surface area contributed by atoms with E-state index in [2.05, 4.69) is 42.5 Å². The normalized spacial score (nSPS) is 30.0. The molecule has 8 heterocycles. The molecule has 22 unspecified atom stereocenters. The molecule has 8 aliphatic heterocycles. The minimum absolute atomic E-state index is 0.00773. The van der Waals surface area contributed by atoms with Gasteiger partial charge in [0, 0.05) is 47.7 Å². The number of hydrogen-bond acceptors (Lipinski definition) is 28. The van der Waals surface area contributed by atoms with Gasteiger partial charge in [0.05, 0.1) is 48.5 Å². The van der Waals surface area contributed by atoms with Crippen LogP contribution in [-0.4, -0.2) is 210 Å². The Labute approximate surface area is 710 Å². The Morgan fingerprint density at radius 2 is 1.24 bits per heavy atom. The van der Waals surface area contributed by atoms with Crippen molar-refractivity contribution < 1.29 is 122 Å². The monoisotopic (exact) mass is 1720 g/mol. The van der Waals surface area contributed by atoms with Crippen LogP contribution in [0.15, 0.2) is 140 Å². The van der Waals surface area contributed by atoms with Crippen LogP contribution in [0.4, 0.5) is 0 Å². The number of carbonyl (C=O) groups is 8. The van der Waals surface area contributed by atoms with E-state index >= 15 is 28.8 Å². The first-order chi connectivity index (χ1) is 58.4. The zero-order valence-electron chi connectivity index (χ0n) is 67.8. The average molecular weight is 1720 g/mol. The topological polar surface area (TPSA) is 567 Å². The molecule has 8 amide bonds. The van der Waals surface area contributed by atoms with E-state index in [0.717, 1.165) is 47.5 Å². The summed E-state index contributed by atoms with van der Waals surface area (Å²) in [6, 6.07) is 18.9. The van der Waals surface area contributed by atoms with Crippen LogP contribution in [0.3, 0.4) is 0 Å². The molecule has 3 saturated heterocycles. The van der Waals surface area contributed by atoms with Crippen molar-refractivity contribution in [1.82, 2.24) is 42.5 Å². The van der Waals surface area contributed by atoms with Crippen molar-refractivity contribution in [3.63, 3.8) is 0 Å². The lowest BCUT2D eigenvalue weighted by Gasteiger charge is -2.47. The second-order valence-electron chi connectivity index (χ2n) is 32.5. The number of nitrogens with one attached hydrogen (secondary N) is 8. The summed E-state index contributed by atoms with van der Waals surface area (Å²) >= 11 is 7.20. The molecule has 0 spiro atoms. The number of aliphatic hydroxyl groups is 6. The van der Waals surface area contributed by atoms with Gasteiger partial charge in [-0.25, -0.2) is 0 Å². The fourth-order valence-electron chi connectivity index (χ4n) is 16.1. The van der Waals surface area contributed by atoms with E-state index in [9.17, 15) is 55.5 Å². The summed E-state index contributed by atoms with van der Waals surface area (Å²) in [7, 11) is 1.48. The van der Waals surface area contributed by atoms with Gasteiger partial charge >= 0.3 is 0 Å². The van der Waals surface area contributed by atoms with Crippen LogP contribution in [0.1, 0.15) is 131 Å². The molecule has 0 aromatic heterocycles. The summed E-state index contributed by atoms with van der Waals surface area (Å²) in [4.78, 5) is 124. The third-order valence-corrected chi connectivity index (χ3v) is 22.9. The highest BCUT2D eigenvalue weighted by atomic mass is 35.5. The van der Waals surface area contributed by atoms with Crippen molar-refractivity contribution in [3.05, 3.63) is 178 Å². The van der Waals surface area contributed by atoms with Crippen molar-refractivity contribution in [2.24, 2.45) is 23.1 Å². The van der Waals surface area contributed by atoms with Gasteiger partial charge in [-0.2, -0.15) is 0 Å². The van der Waals surface area contributed by atoms with Gasteiger partial charge in [0.1, 0.15) is 95.5 Å². The van der Waals surface area contributed by atoms with Gasteiger partial charge in [-0.05, 0) is 140 Å². The minimum atomic E-state index is -2.39. The van der Waals surface area contributed by atoms with Crippen LogP contribution in [0.2, 0.25) is 5.02 Å². The maximum Gasteiger partial charge on any atom is 0.248 e. The van der Waals surface area contributed by atoms with Gasteiger partial charge in [-0.15, -0.1) is 0 Å². The van der Waals surface area contributed by atoms with Crippen LogP contribution in [0.25, 0.3) is 22.3 Å². The first-order valence-corrected chi connectivity index (χ1v) is 40.3. The number of halogens is 1. The van der Waals surface area contributed by atoms with Crippen LogP contribution in [-0.2, 0) is 68.6 Å². The molecule has 0 radical (unpaired) electrons. The maximum absolute atomic E-state index is 16.8. The highest BCUT2D eigenvalue weighted by Gasteiger charge is 2.53. The van der Waals surface area contributed by atoms with Gasteiger partial charge < -0.3 is 144 Å². The summed E-state index contributed by atoms with van der Waals surface area (Å²) in [6.07, 6.45) is -22.4. The highest BCUT2D eigenvalue weighted by molar-refractivity contribution is 6.32. The second kappa shape index (κ2) is 37.1. The van der Waals surface area contributed by atoms with E-state index in [1.807, 2.05) is 56.3 Å². The van der Waals surface area contributed by atoms with Crippen LogP contribution in [0, 0.1) is 5.92 Å². The summed E-state index contributed by atoms with van der Waals surface area (Å²) in [5, 5.41) is 127. The van der Waals surface area contributed by atoms with Crippen LogP contribution < -0.4 is 73.9 Å². The van der Waals surface area contributed by atoms with Gasteiger partial charge in [-0.1, -0.05) is 110 Å². The first-order valence-electron chi connectivity index (χ1n) is 39.9. The van der Waals surface area contributed by atoms with E-state index in [1.54, 1.807) is 12.1 Å². The largest absolute Gasteiger partial charge is 0.508 e. The van der Waals surface area contributed by atoms with Crippen LogP contribution >= 0.6 is 11.6 Å². The third kappa shape index (κ3) is 19.6. The number of likely N-dealkylation sites (N-methyl/N-ethyl adjacent to an activating group) is 1. The molecule has 9 bridgehead atoms. The zero-order valence-corrected chi connectivity index (χ0v) is 68.6. The molecule has 0 aliphatic carbocycles. The Morgan fingerprint density at radius 1 is 0.626 bits per heavy atom. The number of fused-ring (bicyclic) bond motifs is 14. The smallest absolute Gasteiger partial charge is 0.248 e. The van der Waals surface area contributed by atoms with E-state index in [1.165, 1.54) is 83.3 Å². The molecule has 37 heteroatoms. The molecule has 123 heavy (non-hydrogen) atoms. The molecule has 7 aromatic carbocycles. The third-order valence-electron chi connectivity index (χ3n) is 22.6. The van der Waals surface area contributed by atoms with Gasteiger partial charge in [0.15, 0.2) is 30.2 Å². The highest BCUT2D eigenvalue weighted by Crippen LogP contribution is 2.51. The number of benzene rings is 7. The SMILES string of the molecule is CNC(CC(C)C)C(=O)NC1C(=O)NC(CC(N)=O)C(=O)NC2C(=O)NC3C(=O)NC(C(=O)NC(C(=O)NCc4ccc(-c5ccccc5)cc4)c4cc(O)cc(O)c4-c4c(O)cccc43)C(OC3CC(C)(N)C(O)C(C)O3)c3ccc(cc3)Oc3cc2cc(c3OC2OC(CO)C(O)C(O)C2OC2CC(C)(N)C(O)C(C)O2)Oc2ccc(cc2Cl)C1O. The van der Waals surface area contributed by atoms with Gasteiger partial charge in [0.2, 0.25) is 59.3 Å². The molecule has 3 fully saturated rings.